The molecule has 0 aliphatic carbocycles. The number of carbonyl (C=O) groups excluding carboxylic acids is 4. The van der Waals surface area contributed by atoms with Crippen molar-refractivity contribution in [1.29, 1.82) is 0 Å². The summed E-state index contributed by atoms with van der Waals surface area (Å²) < 4.78 is 58.7. The van der Waals surface area contributed by atoms with E-state index in [-0.39, 0.29) is 49.6 Å². The first-order chi connectivity index (χ1) is 33.5. The third-order valence-electron chi connectivity index (χ3n) is 12.5. The second-order valence-corrected chi connectivity index (χ2v) is 18.0. The molecule has 4 aromatic heterocycles. The van der Waals surface area contributed by atoms with Crippen molar-refractivity contribution in [3.63, 3.8) is 0 Å². The Balaban J connectivity index is 0.000000174. The molecule has 0 spiro atoms. The van der Waals surface area contributed by atoms with Crippen LogP contribution in [0.5, 0.6) is 0 Å². The standard InChI is InChI=1S/2C23H26F2N8O2/c2*1-30-19-11-17(7-9-31-13-23(24,25)14-31)28-33(19)10-8-18(22(30)35)27-21(34)20-26-15-32(29-20)12-16-5-3-2-4-6-16/h2*2-6,11,15,18H,7-10,12-14H2,1H3,(H,27,34)/t2*18-/m10/s1. The van der Waals surface area contributed by atoms with Gasteiger partial charge in [0.2, 0.25) is 11.6 Å². The van der Waals surface area contributed by atoms with Crippen LogP contribution in [0.3, 0.4) is 0 Å². The highest BCUT2D eigenvalue weighted by molar-refractivity contribution is 6.01. The predicted molar refractivity (Wildman–Crippen MR) is 244 cm³/mol. The van der Waals surface area contributed by atoms with Crippen LogP contribution in [0.25, 0.3) is 0 Å². The maximum atomic E-state index is 13.1. The van der Waals surface area contributed by atoms with Crippen molar-refractivity contribution in [3.8, 4) is 0 Å². The lowest BCUT2D eigenvalue weighted by Crippen LogP contribution is -2.56. The summed E-state index contributed by atoms with van der Waals surface area (Å²) >= 11 is 0. The van der Waals surface area contributed by atoms with Gasteiger partial charge < -0.3 is 10.6 Å². The first kappa shape index (κ1) is 47.7. The first-order valence-corrected chi connectivity index (χ1v) is 22.9. The fourth-order valence-corrected chi connectivity index (χ4v) is 8.76. The number of hydrogen-bond donors (Lipinski definition) is 2. The highest BCUT2D eigenvalue weighted by Crippen LogP contribution is 2.29. The van der Waals surface area contributed by atoms with E-state index >= 15 is 0 Å². The SMILES string of the molecule is CN1C(=O)[C@@H](NC(=O)c2ncn(Cc3ccccc3)n2)CCn2nc(CCN3CC(F)(F)C3)cc21.CN1C(=O)[C@H](NC(=O)c2ncn(Cc3ccccc3)n2)CCn2nc(CCN3CC(F)(F)C3)cc21. The van der Waals surface area contributed by atoms with E-state index in [0.29, 0.717) is 76.6 Å². The molecule has 70 heavy (non-hydrogen) atoms. The Labute approximate surface area is 399 Å². The molecule has 2 atom stereocenters. The van der Waals surface area contributed by atoms with Crippen molar-refractivity contribution in [2.24, 2.45) is 0 Å². The van der Waals surface area contributed by atoms with E-state index in [0.717, 1.165) is 22.5 Å². The number of nitrogens with zero attached hydrogens (tertiary/aromatic N) is 14. The predicted octanol–water partition coefficient (Wildman–Crippen LogP) is 2.36. The highest BCUT2D eigenvalue weighted by atomic mass is 19.3. The van der Waals surface area contributed by atoms with E-state index in [1.54, 1.807) is 54.8 Å². The molecule has 2 saturated heterocycles. The smallest absolute Gasteiger partial charge is 0.291 e. The molecule has 0 saturated carbocycles. The fraction of sp³-hybridized carbons (Fsp3) is 0.435. The molecule has 2 fully saturated rings. The van der Waals surface area contributed by atoms with Crippen LogP contribution in [0.1, 0.15) is 56.6 Å². The summed E-state index contributed by atoms with van der Waals surface area (Å²) in [7, 11) is 3.26. The van der Waals surface area contributed by atoms with Gasteiger partial charge in [0.25, 0.3) is 35.5 Å². The summed E-state index contributed by atoms with van der Waals surface area (Å²) in [6, 6.07) is 21.5. The van der Waals surface area contributed by atoms with Gasteiger partial charge >= 0.3 is 0 Å². The Hall–Kier alpha value is -7.34. The van der Waals surface area contributed by atoms with E-state index in [1.165, 1.54) is 22.5 Å². The average molecular weight is 969 g/mol. The third-order valence-corrected chi connectivity index (χ3v) is 12.5. The average Bonchev–Trinajstić information content (AvgIpc) is 4.14. The Morgan fingerprint density at radius 3 is 1.36 bits per heavy atom. The van der Waals surface area contributed by atoms with E-state index in [1.807, 2.05) is 60.7 Å². The lowest BCUT2D eigenvalue weighted by Gasteiger charge is -2.38. The van der Waals surface area contributed by atoms with Gasteiger partial charge in [-0.25, -0.2) is 46.3 Å². The normalized spacial score (nSPS) is 19.7. The number of alkyl halides is 4. The quantitative estimate of drug-likeness (QED) is 0.151. The van der Waals surface area contributed by atoms with Gasteiger partial charge in [0.05, 0.1) is 50.7 Å². The summed E-state index contributed by atoms with van der Waals surface area (Å²) in [5.74, 6) is -5.54. The molecule has 10 rings (SSSR count). The molecule has 20 nitrogen and oxygen atoms in total. The van der Waals surface area contributed by atoms with E-state index in [9.17, 15) is 36.7 Å². The van der Waals surface area contributed by atoms with Gasteiger partial charge in [-0.15, -0.1) is 10.2 Å². The van der Waals surface area contributed by atoms with Gasteiger partial charge in [0, 0.05) is 65.2 Å². The summed E-state index contributed by atoms with van der Waals surface area (Å²) in [6.07, 6.45) is 4.73. The number of carbonyl (C=O) groups is 4. The largest absolute Gasteiger partial charge is 0.337 e. The number of amides is 4. The number of benzene rings is 2. The van der Waals surface area contributed by atoms with Crippen LogP contribution in [0.4, 0.5) is 29.2 Å². The molecule has 2 aromatic carbocycles. The van der Waals surface area contributed by atoms with Crippen molar-refractivity contribution in [2.75, 3.05) is 63.2 Å². The number of fused-ring (bicyclic) bond motifs is 2. The minimum Gasteiger partial charge on any atom is -0.337 e. The van der Waals surface area contributed by atoms with Crippen LogP contribution in [0, 0.1) is 0 Å². The van der Waals surface area contributed by atoms with Crippen molar-refractivity contribution in [2.45, 2.75) is 75.8 Å². The maximum Gasteiger partial charge on any atom is 0.291 e. The number of aryl methyl sites for hydroxylation is 2. The molecule has 0 unspecified atom stereocenters. The monoisotopic (exact) mass is 968 g/mol. The van der Waals surface area contributed by atoms with Gasteiger partial charge in [0.15, 0.2) is 0 Å². The molecule has 4 aliphatic rings. The van der Waals surface area contributed by atoms with Crippen molar-refractivity contribution in [1.82, 2.24) is 69.5 Å². The number of likely N-dealkylation sites (N-methyl/N-ethyl adjacent to an activating group) is 2. The zero-order chi connectivity index (χ0) is 49.2. The zero-order valence-corrected chi connectivity index (χ0v) is 38.5. The van der Waals surface area contributed by atoms with E-state index in [4.69, 9.17) is 0 Å². The number of halogens is 4. The first-order valence-electron chi connectivity index (χ1n) is 22.9. The van der Waals surface area contributed by atoms with Gasteiger partial charge in [-0.2, -0.15) is 10.2 Å². The molecule has 8 heterocycles. The molecule has 24 heteroatoms. The number of aromatic nitrogens is 10. The molecule has 0 bridgehead atoms. The highest BCUT2D eigenvalue weighted by Gasteiger charge is 2.44. The van der Waals surface area contributed by atoms with Crippen LogP contribution in [-0.4, -0.2) is 160 Å². The lowest BCUT2D eigenvalue weighted by molar-refractivity contribution is -0.130. The Kier molecular flexibility index (Phi) is 13.6. The zero-order valence-electron chi connectivity index (χ0n) is 38.5. The second-order valence-electron chi connectivity index (χ2n) is 18.0. The molecular formula is C46H52F4N16O4. The minimum absolute atomic E-state index is 0.00257. The number of anilines is 2. The van der Waals surface area contributed by atoms with Crippen LogP contribution < -0.4 is 20.4 Å². The topological polar surface area (TPSA) is 202 Å². The molecule has 368 valence electrons. The summed E-state index contributed by atoms with van der Waals surface area (Å²) in [6.45, 7) is 1.91. The number of likely N-dealkylation sites (tertiary alicyclic amines) is 2. The Morgan fingerprint density at radius 1 is 0.600 bits per heavy atom. The summed E-state index contributed by atoms with van der Waals surface area (Å²) in [4.78, 5) is 66.1. The van der Waals surface area contributed by atoms with Gasteiger partial charge in [-0.05, 0) is 24.0 Å². The molecule has 0 radical (unpaired) electrons. The van der Waals surface area contributed by atoms with Crippen LogP contribution in [0.2, 0.25) is 0 Å². The van der Waals surface area contributed by atoms with Crippen molar-refractivity contribution < 1.29 is 36.7 Å². The fourth-order valence-electron chi connectivity index (χ4n) is 8.76. The minimum atomic E-state index is -2.59. The lowest BCUT2D eigenvalue weighted by atomic mass is 10.1. The van der Waals surface area contributed by atoms with Crippen LogP contribution >= 0.6 is 0 Å². The van der Waals surface area contributed by atoms with Crippen molar-refractivity contribution >= 4 is 35.3 Å². The van der Waals surface area contributed by atoms with Gasteiger partial charge in [0.1, 0.15) is 36.4 Å². The molecule has 4 amide bonds. The number of hydrogen-bond acceptors (Lipinski definition) is 12. The number of rotatable bonds is 14. The Morgan fingerprint density at radius 2 is 0.986 bits per heavy atom. The third kappa shape index (κ3) is 11.2. The van der Waals surface area contributed by atoms with Crippen LogP contribution in [0.15, 0.2) is 85.5 Å². The molecule has 2 N–H and O–H groups in total. The van der Waals surface area contributed by atoms with Crippen molar-refractivity contribution in [3.05, 3.63) is 120 Å². The maximum absolute atomic E-state index is 13.1. The van der Waals surface area contributed by atoms with Crippen LogP contribution in [-0.2, 0) is 48.6 Å². The van der Waals surface area contributed by atoms with E-state index < -0.39 is 35.7 Å². The van der Waals surface area contributed by atoms with Gasteiger partial charge in [-0.3, -0.25) is 38.8 Å². The molecule has 6 aromatic rings. The van der Waals surface area contributed by atoms with E-state index in [2.05, 4.69) is 41.0 Å². The summed E-state index contributed by atoms with van der Waals surface area (Å²) in [5, 5.41) is 23.1. The van der Waals surface area contributed by atoms with Gasteiger partial charge in [-0.1, -0.05) is 60.7 Å². The molecular weight excluding hydrogens is 917 g/mol. The second kappa shape index (κ2) is 19.9. The molecule has 4 aliphatic heterocycles. The Bertz CT molecular complexity index is 2620. The summed E-state index contributed by atoms with van der Waals surface area (Å²) in [5.41, 5.74) is 3.54. The number of nitrogens with one attached hydrogen (secondary N) is 2.